The van der Waals surface area contributed by atoms with E-state index >= 15 is 0 Å². The molecule has 0 fully saturated rings. The molecule has 5 nitrogen and oxygen atoms in total. The van der Waals surface area contributed by atoms with Crippen LogP contribution in [0.1, 0.15) is 49.7 Å². The van der Waals surface area contributed by atoms with Gasteiger partial charge in [-0.05, 0) is 29.7 Å². The number of fused-ring (bicyclic) bond motifs is 1. The lowest BCUT2D eigenvalue weighted by Gasteiger charge is -2.36. The summed E-state index contributed by atoms with van der Waals surface area (Å²) in [7, 11) is 1.34. The van der Waals surface area contributed by atoms with Gasteiger partial charge in [-0.25, -0.2) is 4.79 Å². The van der Waals surface area contributed by atoms with Crippen LogP contribution in [0.15, 0.2) is 18.2 Å². The van der Waals surface area contributed by atoms with Crippen LogP contribution >= 0.6 is 0 Å². The van der Waals surface area contributed by atoms with Crippen LogP contribution in [-0.4, -0.2) is 25.5 Å². The molecule has 0 spiro atoms. The van der Waals surface area contributed by atoms with Crippen LogP contribution < -0.4 is 10.6 Å². The predicted octanol–water partition coefficient (Wildman–Crippen LogP) is 2.50. The minimum absolute atomic E-state index is 0.0224. The van der Waals surface area contributed by atoms with Gasteiger partial charge in [-0.3, -0.25) is 4.79 Å². The number of amides is 1. The van der Waals surface area contributed by atoms with E-state index in [1.54, 1.807) is 23.1 Å². The molecule has 0 radical (unpaired) electrons. The van der Waals surface area contributed by atoms with Crippen LogP contribution in [0, 0.1) is 5.92 Å². The molecule has 0 unspecified atom stereocenters. The van der Waals surface area contributed by atoms with E-state index in [9.17, 15) is 9.59 Å². The average Bonchev–Trinajstić information content (AvgIpc) is 2.51. The fourth-order valence-corrected chi connectivity index (χ4v) is 2.42. The highest BCUT2D eigenvalue weighted by Crippen LogP contribution is 2.36. The molecule has 0 bridgehead atoms. The molecule has 21 heavy (non-hydrogen) atoms. The van der Waals surface area contributed by atoms with Crippen molar-refractivity contribution in [2.75, 3.05) is 18.6 Å². The first-order valence-corrected chi connectivity index (χ1v) is 7.21. The van der Waals surface area contributed by atoms with Crippen molar-refractivity contribution < 1.29 is 14.3 Å². The van der Waals surface area contributed by atoms with Gasteiger partial charge in [0, 0.05) is 25.2 Å². The fraction of sp³-hybridized carbons (Fsp3) is 0.500. The van der Waals surface area contributed by atoms with Gasteiger partial charge >= 0.3 is 5.97 Å². The molecule has 1 heterocycles. The van der Waals surface area contributed by atoms with Crippen molar-refractivity contribution in [2.24, 2.45) is 11.7 Å². The quantitative estimate of drug-likeness (QED) is 0.807. The van der Waals surface area contributed by atoms with Gasteiger partial charge in [-0.2, -0.15) is 0 Å². The van der Waals surface area contributed by atoms with Crippen molar-refractivity contribution in [1.82, 2.24) is 0 Å². The molecule has 1 aromatic rings. The smallest absolute Gasteiger partial charge is 0.337 e. The zero-order valence-electron chi connectivity index (χ0n) is 13.3. The van der Waals surface area contributed by atoms with E-state index < -0.39 is 5.97 Å². The number of hydrogen-bond acceptors (Lipinski definition) is 4. The molecule has 1 amide bonds. The summed E-state index contributed by atoms with van der Waals surface area (Å²) in [5, 5.41) is 0. The Hall–Kier alpha value is -1.88. The maximum Gasteiger partial charge on any atom is 0.337 e. The topological polar surface area (TPSA) is 72.6 Å². The summed E-state index contributed by atoms with van der Waals surface area (Å²) in [6, 6.07) is 4.95. The highest BCUT2D eigenvalue weighted by molar-refractivity contribution is 5.95. The van der Waals surface area contributed by atoms with E-state index in [4.69, 9.17) is 10.5 Å². The second-order valence-electron chi connectivity index (χ2n) is 4.90. The Bertz CT molecular complexity index is 528. The second kappa shape index (κ2) is 7.22. The van der Waals surface area contributed by atoms with Gasteiger partial charge in [0.15, 0.2) is 0 Å². The number of hydrogen-bond donors (Lipinski definition) is 1. The summed E-state index contributed by atoms with van der Waals surface area (Å²) in [4.78, 5) is 24.9. The van der Waals surface area contributed by atoms with E-state index in [-0.39, 0.29) is 17.9 Å². The summed E-state index contributed by atoms with van der Waals surface area (Å²) in [5.74, 6) is -0.280. The third-order valence-electron chi connectivity index (χ3n) is 3.56. The molecule has 0 aliphatic carbocycles. The van der Waals surface area contributed by atoms with Crippen molar-refractivity contribution in [3.05, 3.63) is 29.3 Å². The molecule has 1 aliphatic heterocycles. The molecule has 1 aromatic carbocycles. The van der Waals surface area contributed by atoms with Gasteiger partial charge in [-0.15, -0.1) is 0 Å². The number of methoxy groups -OCH3 is 1. The Morgan fingerprint density at radius 3 is 2.48 bits per heavy atom. The van der Waals surface area contributed by atoms with Crippen LogP contribution in [0.25, 0.3) is 0 Å². The Kier molecular flexibility index (Phi) is 5.90. The highest BCUT2D eigenvalue weighted by Gasteiger charge is 2.30. The first kappa shape index (κ1) is 17.2. The Labute approximate surface area is 126 Å². The van der Waals surface area contributed by atoms with E-state index in [1.165, 1.54) is 14.0 Å². The fourth-order valence-electron chi connectivity index (χ4n) is 2.42. The molecular weight excluding hydrogens is 268 g/mol. The predicted molar refractivity (Wildman–Crippen MR) is 83.2 cm³/mol. The van der Waals surface area contributed by atoms with Crippen molar-refractivity contribution in [3.63, 3.8) is 0 Å². The van der Waals surface area contributed by atoms with Crippen LogP contribution in [0.5, 0.6) is 0 Å². The molecular formula is C16H24N2O3. The molecule has 0 saturated carbocycles. The van der Waals surface area contributed by atoms with Crippen LogP contribution in [0.4, 0.5) is 5.69 Å². The first-order valence-electron chi connectivity index (χ1n) is 7.21. The van der Waals surface area contributed by atoms with Crippen LogP contribution in [0.2, 0.25) is 0 Å². The van der Waals surface area contributed by atoms with E-state index in [1.807, 2.05) is 20.8 Å². The average molecular weight is 292 g/mol. The van der Waals surface area contributed by atoms with E-state index in [0.29, 0.717) is 12.1 Å². The molecule has 2 N–H and O–H groups in total. The number of nitrogens with zero attached hydrogens (tertiary/aromatic N) is 1. The van der Waals surface area contributed by atoms with Crippen LogP contribution in [-0.2, 0) is 9.53 Å². The maximum absolute atomic E-state index is 11.7. The van der Waals surface area contributed by atoms with E-state index in [0.717, 1.165) is 11.3 Å². The van der Waals surface area contributed by atoms with Crippen molar-refractivity contribution in [1.29, 1.82) is 0 Å². The number of ether oxygens (including phenoxy) is 1. The van der Waals surface area contributed by atoms with Gasteiger partial charge in [-0.1, -0.05) is 20.8 Å². The summed E-state index contributed by atoms with van der Waals surface area (Å²) in [6.07, 6.45) is 0. The zero-order chi connectivity index (χ0) is 16.2. The Balaban J connectivity index is 0.00000106. The van der Waals surface area contributed by atoms with Crippen molar-refractivity contribution >= 4 is 17.6 Å². The lowest BCUT2D eigenvalue weighted by molar-refractivity contribution is -0.116. The number of esters is 1. The molecule has 116 valence electrons. The van der Waals surface area contributed by atoms with E-state index in [2.05, 4.69) is 0 Å². The number of nitrogens with two attached hydrogens (primary N) is 1. The Morgan fingerprint density at radius 2 is 1.95 bits per heavy atom. The standard InChI is InChI=1S/C14H18N2O3.C2H6/c1-8-7-16(9(2)17)12-5-4-10(14(18)19-3)6-11(12)13(8)15;1-2/h4-6,8,13H,7,15H2,1-3H3;1-2H3/t8-,13+;/m1./s1. The number of rotatable bonds is 1. The van der Waals surface area contributed by atoms with Crippen molar-refractivity contribution in [2.45, 2.75) is 33.7 Å². The number of anilines is 1. The molecule has 1 aliphatic rings. The summed E-state index contributed by atoms with van der Waals surface area (Å²) in [6.45, 7) is 8.12. The van der Waals surface area contributed by atoms with Gasteiger partial charge < -0.3 is 15.4 Å². The summed E-state index contributed by atoms with van der Waals surface area (Å²) in [5.41, 5.74) is 8.23. The molecule has 2 rings (SSSR count). The second-order valence-corrected chi connectivity index (χ2v) is 4.90. The van der Waals surface area contributed by atoms with Gasteiger partial charge in [0.05, 0.1) is 12.7 Å². The monoisotopic (exact) mass is 292 g/mol. The summed E-state index contributed by atoms with van der Waals surface area (Å²) < 4.78 is 4.70. The summed E-state index contributed by atoms with van der Waals surface area (Å²) >= 11 is 0. The van der Waals surface area contributed by atoms with Crippen molar-refractivity contribution in [3.8, 4) is 0 Å². The number of carbonyl (C=O) groups excluding carboxylic acids is 2. The van der Waals surface area contributed by atoms with Gasteiger partial charge in [0.25, 0.3) is 0 Å². The number of benzene rings is 1. The SMILES string of the molecule is CC.COC(=O)c1ccc2c(c1)[C@@H](N)[C@H](C)CN2C(C)=O. The zero-order valence-corrected chi connectivity index (χ0v) is 13.3. The van der Waals surface area contributed by atoms with Crippen LogP contribution in [0.3, 0.4) is 0 Å². The first-order chi connectivity index (χ1) is 9.95. The third-order valence-corrected chi connectivity index (χ3v) is 3.56. The number of carbonyl (C=O) groups is 2. The minimum Gasteiger partial charge on any atom is -0.465 e. The largest absolute Gasteiger partial charge is 0.465 e. The molecule has 5 heteroatoms. The lowest BCUT2D eigenvalue weighted by atomic mass is 9.88. The van der Waals surface area contributed by atoms with Gasteiger partial charge in [0.1, 0.15) is 0 Å². The minimum atomic E-state index is -0.400. The highest BCUT2D eigenvalue weighted by atomic mass is 16.5. The Morgan fingerprint density at radius 1 is 1.33 bits per heavy atom. The maximum atomic E-state index is 11.7. The molecule has 2 atom stereocenters. The molecule has 0 aromatic heterocycles. The molecule has 0 saturated heterocycles. The third kappa shape index (κ3) is 3.42. The van der Waals surface area contributed by atoms with Gasteiger partial charge in [0.2, 0.25) is 5.91 Å². The normalized spacial score (nSPS) is 20.0. The lowest BCUT2D eigenvalue weighted by Crippen LogP contribution is -2.42.